The highest BCUT2D eigenvalue weighted by Gasteiger charge is 2.26. The Hall–Kier alpha value is -3.94. The average Bonchev–Trinajstić information content (AvgIpc) is 3.25. The molecule has 2 saturated heterocycles. The second kappa shape index (κ2) is 36.1. The molecule has 0 saturated carbocycles. The zero-order valence-corrected chi connectivity index (χ0v) is 40.2. The van der Waals surface area contributed by atoms with Gasteiger partial charge in [-0.25, -0.2) is 4.79 Å². The molecular weight excluding hydrogens is 919 g/mol. The predicted octanol–water partition coefficient (Wildman–Crippen LogP) is -4.75. The first-order valence-electron chi connectivity index (χ1n) is 23.4. The lowest BCUT2D eigenvalue weighted by Crippen LogP contribution is -2.51. The summed E-state index contributed by atoms with van der Waals surface area (Å²) in [5.41, 5.74) is 0. The van der Waals surface area contributed by atoms with Crippen LogP contribution in [0.2, 0.25) is 0 Å². The van der Waals surface area contributed by atoms with Crippen LogP contribution >= 0.6 is 0 Å². The van der Waals surface area contributed by atoms with Gasteiger partial charge >= 0.3 is 35.9 Å². The number of aliphatic carboxylic acids is 5. The number of β-amino-alcohol motifs (C(OH)–C–C–N with tert-alkyl or cyclic N) is 2. The Kier molecular flexibility index (Phi) is 32.0. The average molecular weight is 998 g/mol. The Balaban J connectivity index is 2.25. The minimum Gasteiger partial charge on any atom is -0.480 e. The van der Waals surface area contributed by atoms with Crippen molar-refractivity contribution in [3.63, 3.8) is 0 Å². The molecule has 2 rings (SSSR count). The van der Waals surface area contributed by atoms with Gasteiger partial charge in [0, 0.05) is 145 Å². The van der Waals surface area contributed by atoms with Crippen molar-refractivity contribution < 1.29 is 88.6 Å². The molecule has 2 aliphatic rings. The van der Waals surface area contributed by atoms with Crippen LogP contribution in [0.15, 0.2) is 0 Å². The van der Waals surface area contributed by atoms with Gasteiger partial charge in [0.2, 0.25) is 0 Å². The molecule has 1 amide bonds. The molecule has 2 aliphatic heterocycles. The lowest BCUT2D eigenvalue weighted by molar-refractivity contribution is -0.140. The SMILES string of the molecule is COCCOCCOCCOCCN(CC(O)CN1CCN(CC(=O)O)CCN(CC(=O)O)CCN(CC(=O)O)CC1)CC(O)CN1CCN(CC(=O)O)CCN(CC(=O)O)CCN(C(=O)O)CC1. The van der Waals surface area contributed by atoms with Crippen molar-refractivity contribution in [2.24, 2.45) is 0 Å². The molecule has 2 fully saturated rings. The third kappa shape index (κ3) is 31.1. The summed E-state index contributed by atoms with van der Waals surface area (Å²) in [7, 11) is 1.58. The molecule has 0 aromatic heterocycles. The molecule has 8 N–H and O–H groups in total. The second-order valence-electron chi connectivity index (χ2n) is 17.1. The van der Waals surface area contributed by atoms with Crippen molar-refractivity contribution in [1.82, 2.24) is 44.1 Å². The molecule has 0 spiro atoms. The maximum atomic E-state index is 12.2. The first-order valence-corrected chi connectivity index (χ1v) is 23.4. The van der Waals surface area contributed by atoms with Crippen LogP contribution in [0.1, 0.15) is 0 Å². The Morgan fingerprint density at radius 3 is 0.957 bits per heavy atom. The van der Waals surface area contributed by atoms with Crippen LogP contribution in [0.3, 0.4) is 0 Å². The fourth-order valence-electron chi connectivity index (χ4n) is 7.86. The number of aliphatic hydroxyl groups is 2. The fourth-order valence-corrected chi connectivity index (χ4v) is 7.86. The number of ether oxygens (including phenoxy) is 4. The minimum absolute atomic E-state index is 0.00834. The molecule has 400 valence electrons. The van der Waals surface area contributed by atoms with Crippen molar-refractivity contribution >= 4 is 35.9 Å². The zero-order chi connectivity index (χ0) is 51.0. The van der Waals surface area contributed by atoms with Gasteiger partial charge in [0.1, 0.15) is 0 Å². The predicted molar refractivity (Wildman–Crippen MR) is 246 cm³/mol. The number of hydrogen-bond acceptors (Lipinski definition) is 20. The lowest BCUT2D eigenvalue weighted by Gasteiger charge is -2.35. The van der Waals surface area contributed by atoms with E-state index in [1.165, 1.54) is 4.90 Å². The van der Waals surface area contributed by atoms with Crippen molar-refractivity contribution in [3.8, 4) is 0 Å². The van der Waals surface area contributed by atoms with Crippen molar-refractivity contribution in [2.45, 2.75) is 12.2 Å². The lowest BCUT2D eigenvalue weighted by atomic mass is 10.2. The molecule has 69 heavy (non-hydrogen) atoms. The maximum Gasteiger partial charge on any atom is 0.407 e. The van der Waals surface area contributed by atoms with Gasteiger partial charge in [-0.15, -0.1) is 0 Å². The van der Waals surface area contributed by atoms with Crippen LogP contribution in [0, 0.1) is 0 Å². The van der Waals surface area contributed by atoms with E-state index < -0.39 is 48.1 Å². The van der Waals surface area contributed by atoms with E-state index in [9.17, 15) is 69.6 Å². The maximum absolute atomic E-state index is 12.2. The van der Waals surface area contributed by atoms with Crippen molar-refractivity contribution in [3.05, 3.63) is 0 Å². The summed E-state index contributed by atoms with van der Waals surface area (Å²) in [6.07, 6.45) is -3.25. The van der Waals surface area contributed by atoms with Crippen LogP contribution in [0.25, 0.3) is 0 Å². The van der Waals surface area contributed by atoms with Gasteiger partial charge in [-0.3, -0.25) is 63.2 Å². The number of aliphatic hydroxyl groups excluding tert-OH is 2. The molecule has 2 unspecified atom stereocenters. The van der Waals surface area contributed by atoms with E-state index in [2.05, 4.69) is 0 Å². The molecule has 27 heteroatoms. The number of amides is 1. The Bertz CT molecular complexity index is 1460. The van der Waals surface area contributed by atoms with Crippen LogP contribution in [0.4, 0.5) is 4.79 Å². The standard InChI is InChI=1S/C42H79N9O18/c1-66-20-21-68-24-25-69-23-22-67-19-18-50(29-36(53)27-44-4-7-47(32-39(58)59)12-13-49(34-41(62)63)15-17-51(16-14-44)42(64)65)28-35(52)26-43-2-5-45(30-37(54)55)8-10-48(33-40(60)61)11-9-46(6-3-43)31-38(56)57/h35-36,52-53H,2-34H2,1H3,(H,54,55)(H,56,57)(H,58,59)(H,60,61)(H,62,63)(H,64,65). The van der Waals surface area contributed by atoms with E-state index in [1.807, 2.05) is 14.7 Å². The molecule has 2 heterocycles. The molecule has 2 atom stereocenters. The number of rotatable bonds is 30. The van der Waals surface area contributed by atoms with Gasteiger partial charge in [0.25, 0.3) is 0 Å². The number of carboxylic acids is 5. The zero-order valence-electron chi connectivity index (χ0n) is 40.2. The number of methoxy groups -OCH3 is 1. The highest BCUT2D eigenvalue weighted by molar-refractivity contribution is 5.70. The molecule has 0 aromatic carbocycles. The smallest absolute Gasteiger partial charge is 0.407 e. The summed E-state index contributed by atoms with van der Waals surface area (Å²) in [6.45, 7) is 4.68. The van der Waals surface area contributed by atoms with Gasteiger partial charge in [-0.05, 0) is 0 Å². The Labute approximate surface area is 403 Å². The van der Waals surface area contributed by atoms with E-state index in [4.69, 9.17) is 18.9 Å². The Morgan fingerprint density at radius 2 is 0.667 bits per heavy atom. The monoisotopic (exact) mass is 998 g/mol. The van der Waals surface area contributed by atoms with Crippen LogP contribution in [0.5, 0.6) is 0 Å². The van der Waals surface area contributed by atoms with Gasteiger partial charge in [-0.1, -0.05) is 0 Å². The molecular formula is C42H79N9O18. The summed E-state index contributed by atoms with van der Waals surface area (Å²) in [6, 6.07) is 0. The van der Waals surface area contributed by atoms with Gasteiger partial charge < -0.3 is 64.7 Å². The van der Waals surface area contributed by atoms with E-state index in [0.717, 1.165) is 0 Å². The highest BCUT2D eigenvalue weighted by atomic mass is 16.6. The van der Waals surface area contributed by atoms with Gasteiger partial charge in [0.15, 0.2) is 0 Å². The van der Waals surface area contributed by atoms with Gasteiger partial charge in [-0.2, -0.15) is 0 Å². The molecule has 0 bridgehead atoms. The molecule has 27 nitrogen and oxygen atoms in total. The first-order chi connectivity index (χ1) is 32.9. The molecule has 0 aromatic rings. The number of nitrogens with zero attached hydrogens (tertiary/aromatic N) is 9. The number of carboxylic acid groups (broad SMARTS) is 6. The van der Waals surface area contributed by atoms with Crippen molar-refractivity contribution in [1.29, 1.82) is 0 Å². The number of carbonyl (C=O) groups is 6. The fraction of sp³-hybridized carbons (Fsp3) is 0.857. The van der Waals surface area contributed by atoms with E-state index in [0.29, 0.717) is 46.1 Å². The Morgan fingerprint density at radius 1 is 0.406 bits per heavy atom. The topological polar surface area (TPSA) is 330 Å². The largest absolute Gasteiger partial charge is 0.480 e. The molecule has 0 aliphatic carbocycles. The first kappa shape index (κ1) is 61.2. The highest BCUT2D eigenvalue weighted by Crippen LogP contribution is 2.08. The summed E-state index contributed by atoms with van der Waals surface area (Å²) < 4.78 is 21.8. The van der Waals surface area contributed by atoms with Gasteiger partial charge in [0.05, 0.1) is 91.2 Å². The van der Waals surface area contributed by atoms with E-state index in [1.54, 1.807) is 31.6 Å². The quantitative estimate of drug-likeness (QED) is 0.0313. The third-order valence-corrected chi connectivity index (χ3v) is 11.4. The summed E-state index contributed by atoms with van der Waals surface area (Å²) in [4.78, 5) is 85.7. The summed E-state index contributed by atoms with van der Waals surface area (Å²) in [5.74, 6) is -5.35. The van der Waals surface area contributed by atoms with Crippen LogP contribution in [-0.2, 0) is 42.9 Å². The normalized spacial score (nSPS) is 19.2. The number of hydrogen-bond donors (Lipinski definition) is 8. The van der Waals surface area contributed by atoms with E-state index >= 15 is 0 Å². The summed E-state index contributed by atoms with van der Waals surface area (Å²) >= 11 is 0. The second-order valence-corrected chi connectivity index (χ2v) is 17.1. The summed E-state index contributed by atoms with van der Waals surface area (Å²) in [5, 5.41) is 81.0. The minimum atomic E-state index is -1.19. The van der Waals surface area contributed by atoms with E-state index in [-0.39, 0.29) is 170 Å². The van der Waals surface area contributed by atoms with Crippen LogP contribution < -0.4 is 0 Å². The third-order valence-electron chi connectivity index (χ3n) is 11.4. The van der Waals surface area contributed by atoms with Crippen LogP contribution in [-0.4, -0.2) is 357 Å². The van der Waals surface area contributed by atoms with Crippen molar-refractivity contribution in [2.75, 3.05) is 224 Å². The molecule has 0 radical (unpaired) electrons.